The molecule has 2 unspecified atom stereocenters. The maximum Gasteiger partial charge on any atom is 0.244 e. The van der Waals surface area contributed by atoms with Crippen LogP contribution in [-0.2, 0) is 26.0 Å². The summed E-state index contributed by atoms with van der Waals surface area (Å²) in [5, 5.41) is 3.39. The second-order valence-corrected chi connectivity index (χ2v) is 10.9. The third-order valence-corrected chi connectivity index (χ3v) is 7.12. The molecule has 34 heavy (non-hydrogen) atoms. The minimum absolute atomic E-state index is 0.0368. The molecule has 1 N–H and O–H groups in total. The number of hydrogen-bond donors (Lipinski definition) is 1. The van der Waals surface area contributed by atoms with Gasteiger partial charge in [-0.2, -0.15) is 0 Å². The summed E-state index contributed by atoms with van der Waals surface area (Å²) in [5.74, 6) is -0.730. The summed E-state index contributed by atoms with van der Waals surface area (Å²) < 4.78 is 26.3. The highest BCUT2D eigenvalue weighted by atomic mass is 35.5. The molecule has 0 heterocycles. The maximum atomic E-state index is 13.5. The monoisotopic (exact) mass is 507 g/mol. The first kappa shape index (κ1) is 27.7. The highest BCUT2D eigenvalue weighted by Crippen LogP contribution is 2.26. The molecule has 7 nitrogen and oxygen atoms in total. The molecule has 2 aromatic rings. The van der Waals surface area contributed by atoms with Crippen molar-refractivity contribution in [2.45, 2.75) is 52.6 Å². The highest BCUT2D eigenvalue weighted by molar-refractivity contribution is 7.92. The molecular weight excluding hydrogens is 474 g/mol. The number of aryl methyl sites for hydroxylation is 1. The van der Waals surface area contributed by atoms with Crippen LogP contribution < -0.4 is 9.62 Å². The van der Waals surface area contributed by atoms with Gasteiger partial charge in [-0.1, -0.05) is 48.9 Å². The van der Waals surface area contributed by atoms with E-state index in [2.05, 4.69) is 5.32 Å². The zero-order chi connectivity index (χ0) is 25.5. The van der Waals surface area contributed by atoms with Gasteiger partial charge in [-0.15, -0.1) is 0 Å². The first-order valence-corrected chi connectivity index (χ1v) is 13.5. The Morgan fingerprint density at radius 3 is 2.29 bits per heavy atom. The van der Waals surface area contributed by atoms with E-state index in [0.717, 1.165) is 22.5 Å². The van der Waals surface area contributed by atoms with Crippen molar-refractivity contribution in [2.75, 3.05) is 23.7 Å². The van der Waals surface area contributed by atoms with Crippen molar-refractivity contribution in [2.24, 2.45) is 0 Å². The summed E-state index contributed by atoms with van der Waals surface area (Å²) in [6.07, 6.45) is 2.35. The molecule has 0 bridgehead atoms. The predicted molar refractivity (Wildman–Crippen MR) is 138 cm³/mol. The van der Waals surface area contributed by atoms with Crippen LogP contribution in [0.4, 0.5) is 5.69 Å². The Balaban J connectivity index is 2.34. The molecule has 0 saturated carbocycles. The largest absolute Gasteiger partial charge is 0.352 e. The summed E-state index contributed by atoms with van der Waals surface area (Å²) in [7, 11) is -3.78. The van der Waals surface area contributed by atoms with Crippen LogP contribution in [0.1, 0.15) is 38.3 Å². The van der Waals surface area contributed by atoms with Gasteiger partial charge in [-0.05, 0) is 62.9 Å². The van der Waals surface area contributed by atoms with Gasteiger partial charge >= 0.3 is 0 Å². The van der Waals surface area contributed by atoms with Crippen molar-refractivity contribution >= 4 is 39.1 Å². The third kappa shape index (κ3) is 7.74. The highest BCUT2D eigenvalue weighted by Gasteiger charge is 2.30. The maximum absolute atomic E-state index is 13.5. The lowest BCUT2D eigenvalue weighted by Gasteiger charge is -2.32. The number of halogens is 1. The van der Waals surface area contributed by atoms with Gasteiger partial charge in [0.25, 0.3) is 0 Å². The minimum atomic E-state index is -3.78. The Bertz CT molecular complexity index is 1090. The number of anilines is 1. The Morgan fingerprint density at radius 2 is 1.74 bits per heavy atom. The lowest BCUT2D eigenvalue weighted by Crippen LogP contribution is -2.53. The van der Waals surface area contributed by atoms with Gasteiger partial charge in [0.15, 0.2) is 0 Å². The van der Waals surface area contributed by atoms with Crippen LogP contribution in [-0.4, -0.2) is 56.6 Å². The van der Waals surface area contributed by atoms with E-state index in [1.807, 2.05) is 44.2 Å². The number of amides is 2. The minimum Gasteiger partial charge on any atom is -0.352 e. The van der Waals surface area contributed by atoms with Crippen molar-refractivity contribution in [3.8, 4) is 0 Å². The Morgan fingerprint density at radius 1 is 1.09 bits per heavy atom. The summed E-state index contributed by atoms with van der Waals surface area (Å²) in [6, 6.07) is 13.6. The van der Waals surface area contributed by atoms with Crippen molar-refractivity contribution < 1.29 is 18.0 Å². The van der Waals surface area contributed by atoms with Gasteiger partial charge < -0.3 is 10.2 Å². The van der Waals surface area contributed by atoms with Crippen LogP contribution in [0.25, 0.3) is 0 Å². The van der Waals surface area contributed by atoms with E-state index in [1.54, 1.807) is 32.0 Å². The number of carbonyl (C=O) groups excluding carboxylic acids is 2. The molecule has 0 aliphatic heterocycles. The van der Waals surface area contributed by atoms with Gasteiger partial charge in [0.1, 0.15) is 12.6 Å². The van der Waals surface area contributed by atoms with Gasteiger partial charge in [0, 0.05) is 17.6 Å². The third-order valence-electron chi connectivity index (χ3n) is 5.76. The van der Waals surface area contributed by atoms with Crippen LogP contribution in [0.2, 0.25) is 5.02 Å². The number of nitrogens with zero attached hydrogens (tertiary/aromatic N) is 2. The molecule has 0 radical (unpaired) electrons. The van der Waals surface area contributed by atoms with E-state index >= 15 is 0 Å². The first-order valence-electron chi connectivity index (χ1n) is 11.3. The fourth-order valence-electron chi connectivity index (χ4n) is 3.53. The number of sulfonamides is 1. The lowest BCUT2D eigenvalue weighted by molar-refractivity contribution is -0.139. The Kier molecular flexibility index (Phi) is 9.94. The van der Waals surface area contributed by atoms with Crippen LogP contribution in [0, 0.1) is 6.92 Å². The van der Waals surface area contributed by atoms with E-state index in [1.165, 1.54) is 4.90 Å². The standard InChI is InChI=1S/C25H34ClN3O4S/c1-6-19(3)27-25(31)20(4)28(15-14-21-10-8-7-9-11-21)24(30)17-29(34(5,32)33)23-13-12-22(26)16-18(23)2/h7-13,16,19-20H,6,14-15,17H2,1-5H3,(H,27,31). The van der Waals surface area contributed by atoms with Crippen molar-refractivity contribution in [3.63, 3.8) is 0 Å². The molecule has 2 atom stereocenters. The van der Waals surface area contributed by atoms with E-state index in [0.29, 0.717) is 22.7 Å². The van der Waals surface area contributed by atoms with Gasteiger partial charge in [-0.25, -0.2) is 8.42 Å². The zero-order valence-corrected chi connectivity index (χ0v) is 22.0. The summed E-state index contributed by atoms with van der Waals surface area (Å²) in [5.41, 5.74) is 2.02. The van der Waals surface area contributed by atoms with Crippen molar-refractivity contribution in [1.29, 1.82) is 0 Å². The summed E-state index contributed by atoms with van der Waals surface area (Å²) in [4.78, 5) is 27.8. The van der Waals surface area contributed by atoms with Gasteiger partial charge in [0.2, 0.25) is 21.8 Å². The van der Waals surface area contributed by atoms with Gasteiger partial charge in [0.05, 0.1) is 11.9 Å². The molecule has 0 fully saturated rings. The molecule has 0 saturated heterocycles. The molecule has 9 heteroatoms. The Hall–Kier alpha value is -2.58. The van der Waals surface area contributed by atoms with E-state index in [4.69, 9.17) is 11.6 Å². The first-order chi connectivity index (χ1) is 15.9. The molecule has 2 amide bonds. The molecule has 2 aromatic carbocycles. The van der Waals surface area contributed by atoms with E-state index in [-0.39, 0.29) is 18.5 Å². The predicted octanol–water partition coefficient (Wildman–Crippen LogP) is 3.79. The molecule has 0 aliphatic rings. The topological polar surface area (TPSA) is 86.8 Å². The van der Waals surface area contributed by atoms with Crippen LogP contribution in [0.5, 0.6) is 0 Å². The van der Waals surface area contributed by atoms with E-state index < -0.39 is 28.5 Å². The quantitative estimate of drug-likeness (QED) is 0.501. The number of carbonyl (C=O) groups is 2. The molecule has 2 rings (SSSR count). The number of nitrogens with one attached hydrogen (secondary N) is 1. The normalized spacial score (nSPS) is 13.1. The number of rotatable bonds is 11. The zero-order valence-electron chi connectivity index (χ0n) is 20.4. The molecule has 0 aliphatic carbocycles. The van der Waals surface area contributed by atoms with Crippen LogP contribution >= 0.6 is 11.6 Å². The smallest absolute Gasteiger partial charge is 0.244 e. The Labute approximate surface area is 208 Å². The number of hydrogen-bond acceptors (Lipinski definition) is 4. The molecule has 186 valence electrons. The van der Waals surface area contributed by atoms with E-state index in [9.17, 15) is 18.0 Å². The summed E-state index contributed by atoms with van der Waals surface area (Å²) >= 11 is 6.03. The average molecular weight is 508 g/mol. The number of benzene rings is 2. The fraction of sp³-hybridized carbons (Fsp3) is 0.440. The molecule has 0 spiro atoms. The van der Waals surface area contributed by atoms with Crippen molar-refractivity contribution in [3.05, 3.63) is 64.7 Å². The SMILES string of the molecule is CCC(C)NC(=O)C(C)N(CCc1ccccc1)C(=O)CN(c1ccc(Cl)cc1C)S(C)(=O)=O. The summed E-state index contributed by atoms with van der Waals surface area (Å²) in [6.45, 7) is 7.12. The van der Waals surface area contributed by atoms with Crippen LogP contribution in [0.3, 0.4) is 0 Å². The molecular formula is C25H34ClN3O4S. The average Bonchev–Trinajstić information content (AvgIpc) is 2.77. The van der Waals surface area contributed by atoms with Crippen molar-refractivity contribution in [1.82, 2.24) is 10.2 Å². The molecule has 0 aromatic heterocycles. The fourth-order valence-corrected chi connectivity index (χ4v) is 4.66. The van der Waals surface area contributed by atoms with Crippen LogP contribution in [0.15, 0.2) is 48.5 Å². The second-order valence-electron chi connectivity index (χ2n) is 8.52. The lowest BCUT2D eigenvalue weighted by atomic mass is 10.1. The second kappa shape index (κ2) is 12.2. The van der Waals surface area contributed by atoms with Gasteiger partial charge in [-0.3, -0.25) is 13.9 Å².